The van der Waals surface area contributed by atoms with Gasteiger partial charge in [0, 0.05) is 5.69 Å². The largest absolute Gasteiger partial charge is 0.399 e. The van der Waals surface area contributed by atoms with Crippen LogP contribution >= 0.6 is 0 Å². The number of nitrogens with zero attached hydrogens (tertiary/aromatic N) is 4. The van der Waals surface area contributed by atoms with E-state index in [1.54, 1.807) is 16.8 Å². The lowest BCUT2D eigenvalue weighted by molar-refractivity contribution is 0.306. The highest BCUT2D eigenvalue weighted by atomic mass is 19.1. The quantitative estimate of drug-likeness (QED) is 0.681. The molecule has 1 heterocycles. The normalized spacial score (nSPS) is 23.0. The molecule has 0 saturated heterocycles. The number of hydrogen-bond acceptors (Lipinski definition) is 4. The van der Waals surface area contributed by atoms with Crippen molar-refractivity contribution in [2.45, 2.75) is 45.1 Å². The van der Waals surface area contributed by atoms with Gasteiger partial charge in [-0.1, -0.05) is 26.2 Å². The standard InChI is InChI=1S/C15H20FN5/c1-10-5-3-2-4-6-14(10)21-15(18-19-20-21)12-9-11(17)7-8-13(12)16/h7-10,14H,2-6,17H2,1H3. The number of rotatable bonds is 2. The Hall–Kier alpha value is -1.98. The van der Waals surface area contributed by atoms with E-state index < -0.39 is 0 Å². The SMILES string of the molecule is CC1CCCCCC1n1nnnc1-c1cc(N)ccc1F. The Morgan fingerprint density at radius 3 is 2.90 bits per heavy atom. The Labute approximate surface area is 123 Å². The first-order chi connectivity index (χ1) is 10.2. The average Bonchev–Trinajstić information content (AvgIpc) is 2.84. The van der Waals surface area contributed by atoms with E-state index in [4.69, 9.17) is 5.73 Å². The molecule has 1 aromatic heterocycles. The highest BCUT2D eigenvalue weighted by Gasteiger charge is 2.26. The average molecular weight is 289 g/mol. The molecule has 0 spiro atoms. The Balaban J connectivity index is 2.02. The fourth-order valence-corrected chi connectivity index (χ4v) is 3.15. The summed E-state index contributed by atoms with van der Waals surface area (Å²) < 4.78 is 15.9. The third-order valence-corrected chi connectivity index (χ3v) is 4.35. The van der Waals surface area contributed by atoms with Crippen LogP contribution in [0.2, 0.25) is 0 Å². The molecule has 2 unspecified atom stereocenters. The number of tetrazole rings is 1. The molecule has 1 aliphatic carbocycles. The van der Waals surface area contributed by atoms with E-state index in [-0.39, 0.29) is 11.9 Å². The number of nitrogens with two attached hydrogens (primary N) is 1. The second-order valence-electron chi connectivity index (χ2n) is 5.87. The van der Waals surface area contributed by atoms with Crippen molar-refractivity contribution in [2.24, 2.45) is 5.92 Å². The molecule has 1 fully saturated rings. The number of benzene rings is 1. The van der Waals surface area contributed by atoms with Gasteiger partial charge in [0.15, 0.2) is 5.82 Å². The molecular weight excluding hydrogens is 269 g/mol. The summed E-state index contributed by atoms with van der Waals surface area (Å²) in [6.07, 6.45) is 5.83. The minimum atomic E-state index is -0.346. The minimum absolute atomic E-state index is 0.221. The fourth-order valence-electron chi connectivity index (χ4n) is 3.15. The van der Waals surface area contributed by atoms with Crippen molar-refractivity contribution in [3.05, 3.63) is 24.0 Å². The van der Waals surface area contributed by atoms with Gasteiger partial charge < -0.3 is 5.73 Å². The van der Waals surface area contributed by atoms with Crippen LogP contribution in [0.5, 0.6) is 0 Å². The molecule has 0 radical (unpaired) electrons. The highest BCUT2D eigenvalue weighted by Crippen LogP contribution is 2.34. The van der Waals surface area contributed by atoms with E-state index in [1.807, 2.05) is 0 Å². The topological polar surface area (TPSA) is 69.6 Å². The second-order valence-corrected chi connectivity index (χ2v) is 5.87. The molecular formula is C15H20FN5. The minimum Gasteiger partial charge on any atom is -0.399 e. The maximum absolute atomic E-state index is 14.1. The monoisotopic (exact) mass is 289 g/mol. The summed E-state index contributed by atoms with van der Waals surface area (Å²) in [7, 11) is 0. The number of aromatic nitrogens is 4. The third kappa shape index (κ3) is 2.75. The van der Waals surface area contributed by atoms with Gasteiger partial charge in [0.2, 0.25) is 0 Å². The summed E-state index contributed by atoms with van der Waals surface area (Å²) in [5.74, 6) is 0.610. The van der Waals surface area contributed by atoms with Gasteiger partial charge >= 0.3 is 0 Å². The molecule has 2 N–H and O–H groups in total. The van der Waals surface area contributed by atoms with E-state index in [9.17, 15) is 4.39 Å². The van der Waals surface area contributed by atoms with Crippen molar-refractivity contribution < 1.29 is 4.39 Å². The fraction of sp³-hybridized carbons (Fsp3) is 0.533. The third-order valence-electron chi connectivity index (χ3n) is 4.35. The lowest BCUT2D eigenvalue weighted by Crippen LogP contribution is -2.19. The highest BCUT2D eigenvalue weighted by molar-refractivity contribution is 5.61. The second kappa shape index (κ2) is 5.79. The molecule has 1 aliphatic rings. The molecule has 5 nitrogen and oxygen atoms in total. The predicted molar refractivity (Wildman–Crippen MR) is 78.9 cm³/mol. The van der Waals surface area contributed by atoms with Gasteiger partial charge in [-0.3, -0.25) is 0 Å². The van der Waals surface area contributed by atoms with Gasteiger partial charge in [0.25, 0.3) is 0 Å². The first-order valence-electron chi connectivity index (χ1n) is 7.50. The van der Waals surface area contributed by atoms with Crippen LogP contribution in [0.3, 0.4) is 0 Å². The van der Waals surface area contributed by atoms with E-state index in [0.717, 1.165) is 19.3 Å². The predicted octanol–water partition coefficient (Wildman–Crippen LogP) is 3.20. The van der Waals surface area contributed by atoms with Crippen LogP contribution in [0, 0.1) is 11.7 Å². The van der Waals surface area contributed by atoms with E-state index in [1.165, 1.54) is 18.9 Å². The summed E-state index contributed by atoms with van der Waals surface area (Å²) in [6.45, 7) is 2.22. The Morgan fingerprint density at radius 1 is 1.24 bits per heavy atom. The summed E-state index contributed by atoms with van der Waals surface area (Å²) >= 11 is 0. The van der Waals surface area contributed by atoms with Crippen molar-refractivity contribution in [1.82, 2.24) is 20.2 Å². The van der Waals surface area contributed by atoms with Crippen LogP contribution < -0.4 is 5.73 Å². The van der Waals surface area contributed by atoms with Gasteiger partial charge in [-0.15, -0.1) is 5.10 Å². The van der Waals surface area contributed by atoms with Gasteiger partial charge in [0.1, 0.15) is 5.82 Å². The van der Waals surface area contributed by atoms with E-state index >= 15 is 0 Å². The van der Waals surface area contributed by atoms with Crippen LogP contribution in [0.1, 0.15) is 45.1 Å². The van der Waals surface area contributed by atoms with Gasteiger partial charge in [-0.2, -0.15) is 0 Å². The van der Waals surface area contributed by atoms with E-state index in [2.05, 4.69) is 22.4 Å². The van der Waals surface area contributed by atoms with Gasteiger partial charge in [0.05, 0.1) is 11.6 Å². The molecule has 0 bridgehead atoms. The molecule has 0 aliphatic heterocycles. The molecule has 0 amide bonds. The molecule has 2 atom stereocenters. The first kappa shape index (κ1) is 14.0. The molecule has 1 aromatic carbocycles. The van der Waals surface area contributed by atoms with Crippen LogP contribution in [0.15, 0.2) is 18.2 Å². The molecule has 3 rings (SSSR count). The van der Waals surface area contributed by atoms with Crippen LogP contribution in [-0.2, 0) is 0 Å². The summed E-state index contributed by atoms with van der Waals surface area (Å²) in [5.41, 5.74) is 6.65. The number of anilines is 1. The van der Waals surface area contributed by atoms with Crippen molar-refractivity contribution >= 4 is 5.69 Å². The van der Waals surface area contributed by atoms with Crippen molar-refractivity contribution in [3.8, 4) is 11.4 Å². The number of hydrogen-bond donors (Lipinski definition) is 1. The summed E-state index contributed by atoms with van der Waals surface area (Å²) in [6, 6.07) is 4.72. The number of halogens is 1. The summed E-state index contributed by atoms with van der Waals surface area (Å²) in [5, 5.41) is 11.9. The first-order valence-corrected chi connectivity index (χ1v) is 7.50. The zero-order valence-corrected chi connectivity index (χ0v) is 12.2. The van der Waals surface area contributed by atoms with Crippen LogP contribution in [0.4, 0.5) is 10.1 Å². The summed E-state index contributed by atoms with van der Waals surface area (Å²) in [4.78, 5) is 0. The van der Waals surface area contributed by atoms with Crippen LogP contribution in [-0.4, -0.2) is 20.2 Å². The molecule has 2 aromatic rings. The van der Waals surface area contributed by atoms with E-state index in [0.29, 0.717) is 23.0 Å². The van der Waals surface area contributed by atoms with Crippen molar-refractivity contribution in [1.29, 1.82) is 0 Å². The Bertz CT molecular complexity index is 624. The molecule has 21 heavy (non-hydrogen) atoms. The molecule has 1 saturated carbocycles. The van der Waals surface area contributed by atoms with Crippen molar-refractivity contribution in [2.75, 3.05) is 5.73 Å². The lowest BCUT2D eigenvalue weighted by Gasteiger charge is -2.22. The van der Waals surface area contributed by atoms with Gasteiger partial charge in [-0.25, -0.2) is 9.07 Å². The number of nitrogen functional groups attached to an aromatic ring is 1. The molecule has 112 valence electrons. The van der Waals surface area contributed by atoms with Crippen LogP contribution in [0.25, 0.3) is 11.4 Å². The van der Waals surface area contributed by atoms with Crippen molar-refractivity contribution in [3.63, 3.8) is 0 Å². The van der Waals surface area contributed by atoms with Gasteiger partial charge in [-0.05, 0) is 47.4 Å². The zero-order valence-electron chi connectivity index (χ0n) is 12.2. The smallest absolute Gasteiger partial charge is 0.185 e. The Kier molecular flexibility index (Phi) is 3.86. The maximum atomic E-state index is 14.1. The Morgan fingerprint density at radius 2 is 2.05 bits per heavy atom. The molecule has 6 heteroatoms. The lowest BCUT2D eigenvalue weighted by atomic mass is 9.97. The maximum Gasteiger partial charge on any atom is 0.185 e. The zero-order chi connectivity index (χ0) is 14.8.